The molecule has 0 aliphatic rings. The third-order valence-corrected chi connectivity index (χ3v) is 0.728. The standard InChI is InChI=1S/3C2HF3O2.Ce/c3*3-2(4,5)1(6)7;/h3*(H,6,7);. The molecule has 0 saturated heterocycles. The number of rotatable bonds is 0. The summed E-state index contributed by atoms with van der Waals surface area (Å²) in [6.45, 7) is 0. The molecule has 0 saturated carbocycles. The van der Waals surface area contributed by atoms with Crippen molar-refractivity contribution in [1.82, 2.24) is 0 Å². The van der Waals surface area contributed by atoms with Crippen LogP contribution in [0.2, 0.25) is 0 Å². The van der Waals surface area contributed by atoms with E-state index in [1.807, 2.05) is 0 Å². The van der Waals surface area contributed by atoms with Gasteiger partial charge in [-0.3, -0.25) is 0 Å². The van der Waals surface area contributed by atoms with Crippen LogP contribution in [0.25, 0.3) is 0 Å². The molecular formula is C6H3CeF9O6. The minimum Gasteiger partial charge on any atom is -0.475 e. The first-order chi connectivity index (χ1) is 8.83. The van der Waals surface area contributed by atoms with Crippen molar-refractivity contribution in [2.24, 2.45) is 0 Å². The molecule has 3 N–H and O–H groups in total. The Morgan fingerprint density at radius 2 is 0.545 bits per heavy atom. The summed E-state index contributed by atoms with van der Waals surface area (Å²) in [5.74, 6) is -8.27. The van der Waals surface area contributed by atoms with Crippen molar-refractivity contribution in [2.75, 3.05) is 0 Å². The molecule has 0 rings (SSSR count). The Kier molecular flexibility index (Phi) is 14.4. The van der Waals surface area contributed by atoms with Gasteiger partial charge in [-0.1, -0.05) is 0 Å². The summed E-state index contributed by atoms with van der Waals surface area (Å²) >= 11 is 0. The van der Waals surface area contributed by atoms with E-state index < -0.39 is 36.4 Å². The summed E-state index contributed by atoms with van der Waals surface area (Å²) in [6, 6.07) is 0. The third kappa shape index (κ3) is 21.5. The van der Waals surface area contributed by atoms with E-state index >= 15 is 0 Å². The van der Waals surface area contributed by atoms with Gasteiger partial charge in [0.1, 0.15) is 0 Å². The quantitative estimate of drug-likeness (QED) is 0.455. The molecule has 0 aliphatic carbocycles. The van der Waals surface area contributed by atoms with E-state index in [4.69, 9.17) is 29.7 Å². The molecule has 0 radical (unpaired) electrons. The van der Waals surface area contributed by atoms with Gasteiger partial charge in [-0.15, -0.1) is 0 Å². The number of hydrogen-bond donors (Lipinski definition) is 3. The summed E-state index contributed by atoms with van der Waals surface area (Å²) in [5, 5.41) is 21.4. The van der Waals surface area contributed by atoms with Crippen LogP contribution in [0.4, 0.5) is 39.5 Å². The number of aliphatic carboxylic acids is 3. The molecule has 0 aromatic rings. The predicted octanol–water partition coefficient (Wildman–Crippen LogP) is 1.90. The Balaban J connectivity index is -0.000000108. The van der Waals surface area contributed by atoms with Crippen molar-refractivity contribution >= 4 is 17.9 Å². The van der Waals surface area contributed by atoms with E-state index in [1.165, 1.54) is 0 Å². The second-order valence-electron chi connectivity index (χ2n) is 2.41. The SMILES string of the molecule is O=C(O)C(F)(F)F.O=C(O)C(F)(F)F.O=C(O)C(F)(F)F.[Ce]. The third-order valence-electron chi connectivity index (χ3n) is 0.728. The fourth-order valence-electron chi connectivity index (χ4n) is 0. The molecule has 16 heteroatoms. The summed E-state index contributed by atoms with van der Waals surface area (Å²) in [7, 11) is 0. The van der Waals surface area contributed by atoms with E-state index in [0.717, 1.165) is 0 Å². The maximum absolute atomic E-state index is 10.6. The number of hydrogen-bond acceptors (Lipinski definition) is 3. The average Bonchev–Trinajstić information content (AvgIpc) is 2.14. The van der Waals surface area contributed by atoms with Crippen molar-refractivity contribution in [3.05, 3.63) is 0 Å². The average molecular weight is 482 g/mol. The first kappa shape index (κ1) is 29.2. The van der Waals surface area contributed by atoms with Gasteiger partial charge in [0.05, 0.1) is 0 Å². The van der Waals surface area contributed by atoms with Gasteiger partial charge in [-0.05, 0) is 0 Å². The normalized spacial score (nSPS) is 10.8. The van der Waals surface area contributed by atoms with Crippen LogP contribution in [0.3, 0.4) is 0 Å². The molecule has 0 aromatic heterocycles. The largest absolute Gasteiger partial charge is 0.490 e. The van der Waals surface area contributed by atoms with E-state index in [1.54, 1.807) is 0 Å². The number of alkyl halides is 9. The monoisotopic (exact) mass is 482 g/mol. The van der Waals surface area contributed by atoms with E-state index in [9.17, 15) is 39.5 Å². The smallest absolute Gasteiger partial charge is 0.475 e. The second-order valence-corrected chi connectivity index (χ2v) is 2.41. The van der Waals surface area contributed by atoms with Crippen LogP contribution < -0.4 is 0 Å². The van der Waals surface area contributed by atoms with E-state index in [2.05, 4.69) is 0 Å². The van der Waals surface area contributed by atoms with Crippen molar-refractivity contribution in [3.8, 4) is 0 Å². The summed E-state index contributed by atoms with van der Waals surface area (Å²) < 4.78 is 95.2. The Labute approximate surface area is 147 Å². The number of halogens is 9. The second kappa shape index (κ2) is 10.8. The van der Waals surface area contributed by atoms with Gasteiger partial charge in [0.2, 0.25) is 0 Å². The van der Waals surface area contributed by atoms with Crippen molar-refractivity contribution in [2.45, 2.75) is 18.5 Å². The molecule has 6 nitrogen and oxygen atoms in total. The zero-order chi connectivity index (χ0) is 18.2. The molecule has 0 amide bonds. The van der Waals surface area contributed by atoms with E-state index in [0.29, 0.717) is 0 Å². The minimum atomic E-state index is -5.08. The van der Waals surface area contributed by atoms with Gasteiger partial charge in [0.25, 0.3) is 0 Å². The van der Waals surface area contributed by atoms with Crippen LogP contribution in [-0.2, 0) is 14.4 Å². The van der Waals surface area contributed by atoms with Crippen molar-refractivity contribution in [3.63, 3.8) is 0 Å². The molecule has 0 fully saturated rings. The first-order valence-electron chi connectivity index (χ1n) is 3.73. The maximum atomic E-state index is 10.6. The van der Waals surface area contributed by atoms with Crippen molar-refractivity contribution in [1.29, 1.82) is 0 Å². The molecule has 0 heterocycles. The van der Waals surface area contributed by atoms with Crippen molar-refractivity contribution < 1.29 is 111 Å². The van der Waals surface area contributed by atoms with Crippen LogP contribution in [-0.4, -0.2) is 51.8 Å². The molecule has 0 spiro atoms. The summed E-state index contributed by atoms with van der Waals surface area (Å²) in [6.07, 6.45) is -15.3. The Bertz CT molecular complexity index is 313. The van der Waals surface area contributed by atoms with E-state index in [-0.39, 0.29) is 41.7 Å². The number of carboxylic acid groups (broad SMARTS) is 3. The molecule has 0 atom stereocenters. The van der Waals surface area contributed by atoms with Crippen LogP contribution in [0, 0.1) is 41.7 Å². The fraction of sp³-hybridized carbons (Fsp3) is 0.500. The van der Waals surface area contributed by atoms with Crippen LogP contribution in [0.1, 0.15) is 0 Å². The molecule has 0 aromatic carbocycles. The van der Waals surface area contributed by atoms with Gasteiger partial charge in [-0.25, -0.2) is 14.4 Å². The molecule has 0 unspecified atom stereocenters. The van der Waals surface area contributed by atoms with Crippen LogP contribution in [0.5, 0.6) is 0 Å². The minimum absolute atomic E-state index is 0. The van der Waals surface area contributed by atoms with Gasteiger partial charge >= 0.3 is 36.4 Å². The Morgan fingerprint density at radius 1 is 0.500 bits per heavy atom. The van der Waals surface area contributed by atoms with Crippen LogP contribution >= 0.6 is 0 Å². The van der Waals surface area contributed by atoms with Gasteiger partial charge in [-0.2, -0.15) is 39.5 Å². The first-order valence-corrected chi connectivity index (χ1v) is 3.73. The van der Waals surface area contributed by atoms with Gasteiger partial charge < -0.3 is 15.3 Å². The number of carboxylic acids is 3. The fourth-order valence-corrected chi connectivity index (χ4v) is 0. The maximum Gasteiger partial charge on any atom is 0.490 e. The Morgan fingerprint density at radius 3 is 0.545 bits per heavy atom. The predicted molar refractivity (Wildman–Crippen MR) is 41.1 cm³/mol. The van der Waals surface area contributed by atoms with Crippen LogP contribution in [0.15, 0.2) is 0 Å². The topological polar surface area (TPSA) is 112 Å². The molecule has 130 valence electrons. The Hall–Kier alpha value is -0.843. The van der Waals surface area contributed by atoms with Gasteiger partial charge in [0.15, 0.2) is 0 Å². The molecule has 0 aliphatic heterocycles. The summed E-state index contributed by atoms with van der Waals surface area (Å²) in [5.41, 5.74) is 0. The molecular weight excluding hydrogens is 479 g/mol. The summed E-state index contributed by atoms with van der Waals surface area (Å²) in [4.78, 5) is 26.7. The number of carbonyl (C=O) groups is 3. The molecule has 0 bridgehead atoms. The zero-order valence-electron chi connectivity index (χ0n) is 9.47. The molecule has 22 heavy (non-hydrogen) atoms. The zero-order valence-corrected chi connectivity index (χ0v) is 12.6. The van der Waals surface area contributed by atoms with Gasteiger partial charge in [0, 0.05) is 41.7 Å².